The number of carbonyl (C=O) groups is 1. The van der Waals surface area contributed by atoms with Crippen molar-refractivity contribution in [2.75, 3.05) is 13.1 Å². The number of nitrogens with one attached hydrogen (secondary N) is 1. The summed E-state index contributed by atoms with van der Waals surface area (Å²) in [6.07, 6.45) is 4.36. The molecule has 88 valence electrons. The zero-order chi connectivity index (χ0) is 11.3. The van der Waals surface area contributed by atoms with Crippen molar-refractivity contribution in [1.29, 1.82) is 0 Å². The second-order valence-corrected chi connectivity index (χ2v) is 4.82. The third kappa shape index (κ3) is 4.62. The molecule has 0 spiro atoms. The molecule has 0 heterocycles. The average Bonchev–Trinajstić information content (AvgIpc) is 2.12. The van der Waals surface area contributed by atoms with Crippen LogP contribution < -0.4 is 11.1 Å². The van der Waals surface area contributed by atoms with Gasteiger partial charge in [-0.3, -0.25) is 4.79 Å². The standard InChI is InChI=1S/C11H22N2O2/c1-9-3-2-5-11(15,7-9)8-13-6-4-10(12)14/h9,13,15H,2-8H2,1H3,(H2,12,14). The fraction of sp³-hybridized carbons (Fsp3) is 0.909. The molecular weight excluding hydrogens is 192 g/mol. The summed E-state index contributed by atoms with van der Waals surface area (Å²) in [7, 11) is 0. The van der Waals surface area contributed by atoms with Crippen molar-refractivity contribution in [3.63, 3.8) is 0 Å². The fourth-order valence-electron chi connectivity index (χ4n) is 2.33. The highest BCUT2D eigenvalue weighted by atomic mass is 16.3. The van der Waals surface area contributed by atoms with Crippen LogP contribution in [-0.2, 0) is 4.79 Å². The van der Waals surface area contributed by atoms with E-state index in [2.05, 4.69) is 12.2 Å². The van der Waals surface area contributed by atoms with Gasteiger partial charge < -0.3 is 16.2 Å². The number of rotatable bonds is 5. The van der Waals surface area contributed by atoms with E-state index in [0.29, 0.717) is 25.4 Å². The van der Waals surface area contributed by atoms with E-state index in [1.807, 2.05) is 0 Å². The van der Waals surface area contributed by atoms with Crippen molar-refractivity contribution in [3.8, 4) is 0 Å². The number of primary amides is 1. The Balaban J connectivity index is 2.21. The summed E-state index contributed by atoms with van der Waals surface area (Å²) in [5.41, 5.74) is 4.45. The van der Waals surface area contributed by atoms with Crippen LogP contribution in [0.25, 0.3) is 0 Å². The van der Waals surface area contributed by atoms with Gasteiger partial charge in [0.15, 0.2) is 0 Å². The molecule has 1 amide bonds. The molecule has 0 saturated heterocycles. The second-order valence-electron chi connectivity index (χ2n) is 4.82. The van der Waals surface area contributed by atoms with Crippen LogP contribution >= 0.6 is 0 Å². The molecule has 0 aromatic carbocycles. The fourth-order valence-corrected chi connectivity index (χ4v) is 2.33. The van der Waals surface area contributed by atoms with Crippen LogP contribution in [-0.4, -0.2) is 29.7 Å². The molecule has 0 radical (unpaired) electrons. The number of hydrogen-bond donors (Lipinski definition) is 3. The van der Waals surface area contributed by atoms with Crippen LogP contribution in [0.3, 0.4) is 0 Å². The summed E-state index contributed by atoms with van der Waals surface area (Å²) < 4.78 is 0. The van der Waals surface area contributed by atoms with E-state index in [4.69, 9.17) is 5.73 Å². The lowest BCUT2D eigenvalue weighted by Gasteiger charge is -2.35. The number of hydrogen-bond acceptors (Lipinski definition) is 3. The lowest BCUT2D eigenvalue weighted by Crippen LogP contribution is -2.44. The molecule has 0 aromatic rings. The highest BCUT2D eigenvalue weighted by molar-refractivity contribution is 5.73. The Bertz CT molecular complexity index is 221. The zero-order valence-corrected chi connectivity index (χ0v) is 9.46. The maximum Gasteiger partial charge on any atom is 0.218 e. The Labute approximate surface area is 91.2 Å². The maximum atomic E-state index is 10.5. The number of carbonyl (C=O) groups excluding carboxylic acids is 1. The largest absolute Gasteiger partial charge is 0.389 e. The highest BCUT2D eigenvalue weighted by Crippen LogP contribution is 2.31. The predicted octanol–water partition coefficient (Wildman–Crippen LogP) is 0.393. The summed E-state index contributed by atoms with van der Waals surface area (Å²) in [5.74, 6) is 0.299. The average molecular weight is 214 g/mol. The lowest BCUT2D eigenvalue weighted by atomic mass is 9.79. The highest BCUT2D eigenvalue weighted by Gasteiger charge is 2.31. The lowest BCUT2D eigenvalue weighted by molar-refractivity contribution is -0.118. The van der Waals surface area contributed by atoms with E-state index in [-0.39, 0.29) is 5.91 Å². The van der Waals surface area contributed by atoms with Gasteiger partial charge in [0.2, 0.25) is 5.91 Å². The van der Waals surface area contributed by atoms with Crippen LogP contribution in [0.5, 0.6) is 0 Å². The SMILES string of the molecule is CC1CCCC(O)(CNCCC(N)=O)C1. The Morgan fingerprint density at radius 2 is 2.40 bits per heavy atom. The van der Waals surface area contributed by atoms with Gasteiger partial charge in [-0.05, 0) is 18.8 Å². The third-order valence-electron chi connectivity index (χ3n) is 3.07. The Morgan fingerprint density at radius 3 is 3.00 bits per heavy atom. The van der Waals surface area contributed by atoms with Crippen molar-refractivity contribution >= 4 is 5.91 Å². The van der Waals surface area contributed by atoms with Crippen LogP contribution in [0.2, 0.25) is 0 Å². The molecule has 4 nitrogen and oxygen atoms in total. The predicted molar refractivity (Wildman–Crippen MR) is 59.3 cm³/mol. The molecule has 1 aliphatic rings. The van der Waals surface area contributed by atoms with Gasteiger partial charge in [-0.25, -0.2) is 0 Å². The van der Waals surface area contributed by atoms with Crippen molar-refractivity contribution in [3.05, 3.63) is 0 Å². The zero-order valence-electron chi connectivity index (χ0n) is 9.46. The van der Waals surface area contributed by atoms with Gasteiger partial charge in [0.25, 0.3) is 0 Å². The molecule has 4 N–H and O–H groups in total. The smallest absolute Gasteiger partial charge is 0.218 e. The first-order chi connectivity index (χ1) is 7.02. The minimum Gasteiger partial charge on any atom is -0.389 e. The molecular formula is C11H22N2O2. The van der Waals surface area contributed by atoms with Gasteiger partial charge in [-0.1, -0.05) is 19.8 Å². The maximum absolute atomic E-state index is 10.5. The van der Waals surface area contributed by atoms with Crippen LogP contribution in [0.4, 0.5) is 0 Å². The molecule has 0 aliphatic heterocycles. The van der Waals surface area contributed by atoms with Gasteiger partial charge in [-0.2, -0.15) is 0 Å². The van der Waals surface area contributed by atoms with Crippen LogP contribution in [0.15, 0.2) is 0 Å². The van der Waals surface area contributed by atoms with E-state index < -0.39 is 5.60 Å². The molecule has 1 rings (SSSR count). The quantitative estimate of drug-likeness (QED) is 0.580. The van der Waals surface area contributed by atoms with E-state index in [9.17, 15) is 9.90 Å². The molecule has 2 unspecified atom stereocenters. The number of aliphatic hydroxyl groups is 1. The van der Waals surface area contributed by atoms with Gasteiger partial charge in [0.1, 0.15) is 0 Å². The first-order valence-electron chi connectivity index (χ1n) is 5.73. The molecule has 0 aromatic heterocycles. The normalized spacial score (nSPS) is 31.5. The number of amides is 1. The number of nitrogens with two attached hydrogens (primary N) is 1. The van der Waals surface area contributed by atoms with Crippen molar-refractivity contribution in [2.45, 2.75) is 44.6 Å². The van der Waals surface area contributed by atoms with Crippen LogP contribution in [0.1, 0.15) is 39.0 Å². The molecule has 0 bridgehead atoms. The first-order valence-corrected chi connectivity index (χ1v) is 5.73. The molecule has 4 heteroatoms. The Hall–Kier alpha value is -0.610. The molecule has 1 fully saturated rings. The third-order valence-corrected chi connectivity index (χ3v) is 3.07. The summed E-state index contributed by atoms with van der Waals surface area (Å²) in [6.45, 7) is 3.31. The van der Waals surface area contributed by atoms with E-state index in [1.165, 1.54) is 6.42 Å². The summed E-state index contributed by atoms with van der Waals surface area (Å²) >= 11 is 0. The summed E-state index contributed by atoms with van der Waals surface area (Å²) in [5, 5.41) is 13.3. The van der Waals surface area contributed by atoms with Crippen molar-refractivity contribution in [1.82, 2.24) is 5.32 Å². The van der Waals surface area contributed by atoms with Crippen molar-refractivity contribution < 1.29 is 9.90 Å². The Morgan fingerprint density at radius 1 is 1.67 bits per heavy atom. The first kappa shape index (κ1) is 12.5. The molecule has 1 aliphatic carbocycles. The van der Waals surface area contributed by atoms with Gasteiger partial charge in [-0.15, -0.1) is 0 Å². The minimum absolute atomic E-state index is 0.300. The monoisotopic (exact) mass is 214 g/mol. The summed E-state index contributed by atoms with van der Waals surface area (Å²) in [6, 6.07) is 0. The van der Waals surface area contributed by atoms with Crippen LogP contribution in [0, 0.1) is 5.92 Å². The van der Waals surface area contributed by atoms with E-state index in [1.54, 1.807) is 0 Å². The summed E-state index contributed by atoms with van der Waals surface area (Å²) in [4.78, 5) is 10.5. The molecule has 15 heavy (non-hydrogen) atoms. The minimum atomic E-state index is -0.574. The topological polar surface area (TPSA) is 75.3 Å². The van der Waals surface area contributed by atoms with Gasteiger partial charge in [0, 0.05) is 19.5 Å². The molecule has 2 atom stereocenters. The van der Waals surface area contributed by atoms with E-state index in [0.717, 1.165) is 19.3 Å². The van der Waals surface area contributed by atoms with Gasteiger partial charge in [0.05, 0.1) is 5.60 Å². The second kappa shape index (κ2) is 5.47. The van der Waals surface area contributed by atoms with E-state index >= 15 is 0 Å². The van der Waals surface area contributed by atoms with Crippen molar-refractivity contribution in [2.24, 2.45) is 11.7 Å². The molecule has 1 saturated carbocycles. The van der Waals surface area contributed by atoms with Gasteiger partial charge >= 0.3 is 0 Å². The Kier molecular flexibility index (Phi) is 4.54.